The van der Waals surface area contributed by atoms with E-state index in [1.54, 1.807) is 38.1 Å². The van der Waals surface area contributed by atoms with Gasteiger partial charge in [-0.1, -0.05) is 23.7 Å². The van der Waals surface area contributed by atoms with Gasteiger partial charge in [0.25, 0.3) is 10.0 Å². The predicted octanol–water partition coefficient (Wildman–Crippen LogP) is 1.90. The molecule has 0 aliphatic heterocycles. The number of aliphatic hydroxyl groups is 1. The van der Waals surface area contributed by atoms with Gasteiger partial charge in [0.15, 0.2) is 5.03 Å². The highest BCUT2D eigenvalue weighted by atomic mass is 35.5. The highest BCUT2D eigenvalue weighted by molar-refractivity contribution is 7.89. The lowest BCUT2D eigenvalue weighted by molar-refractivity contribution is 0.277. The van der Waals surface area contributed by atoms with Crippen LogP contribution < -0.4 is 4.72 Å². The number of aliphatic hydroxyl groups excluding tert-OH is 1. The molecule has 1 aromatic carbocycles. The third-order valence-electron chi connectivity index (χ3n) is 3.13. The molecule has 2 rings (SSSR count). The first-order valence-corrected chi connectivity index (χ1v) is 8.13. The van der Waals surface area contributed by atoms with Gasteiger partial charge in [-0.15, -0.1) is 0 Å². The van der Waals surface area contributed by atoms with Crippen molar-refractivity contribution in [2.45, 2.75) is 31.5 Å². The molecule has 1 heterocycles. The Kier molecular flexibility index (Phi) is 4.67. The Morgan fingerprint density at radius 1 is 1.48 bits per heavy atom. The molecule has 0 amide bonds. The molecule has 1 aromatic heterocycles. The van der Waals surface area contributed by atoms with Gasteiger partial charge in [-0.2, -0.15) is 5.10 Å². The third kappa shape index (κ3) is 3.44. The van der Waals surface area contributed by atoms with Gasteiger partial charge >= 0.3 is 0 Å². The molecule has 0 aliphatic rings. The van der Waals surface area contributed by atoms with Gasteiger partial charge in [-0.25, -0.2) is 13.1 Å². The Morgan fingerprint density at radius 3 is 2.81 bits per heavy atom. The minimum Gasteiger partial charge on any atom is -0.392 e. The molecule has 0 aliphatic carbocycles. The van der Waals surface area contributed by atoms with E-state index in [-0.39, 0.29) is 10.6 Å². The van der Waals surface area contributed by atoms with Crippen molar-refractivity contribution in [2.75, 3.05) is 0 Å². The van der Waals surface area contributed by atoms with E-state index in [1.165, 1.54) is 0 Å². The summed E-state index contributed by atoms with van der Waals surface area (Å²) in [5.41, 5.74) is 1.53. The molecule has 0 radical (unpaired) electrons. The van der Waals surface area contributed by atoms with E-state index >= 15 is 0 Å². The zero-order chi connectivity index (χ0) is 15.6. The average molecular weight is 330 g/mol. The molecule has 21 heavy (non-hydrogen) atoms. The van der Waals surface area contributed by atoms with Crippen molar-refractivity contribution in [1.82, 2.24) is 14.9 Å². The van der Waals surface area contributed by atoms with E-state index in [0.29, 0.717) is 10.7 Å². The van der Waals surface area contributed by atoms with Crippen LogP contribution in [0.3, 0.4) is 0 Å². The molecule has 8 heteroatoms. The topological polar surface area (TPSA) is 95.1 Å². The molecule has 0 saturated heterocycles. The van der Waals surface area contributed by atoms with Crippen LogP contribution in [0.2, 0.25) is 5.02 Å². The van der Waals surface area contributed by atoms with Gasteiger partial charge in [-0.05, 0) is 31.5 Å². The van der Waals surface area contributed by atoms with Crippen molar-refractivity contribution in [2.24, 2.45) is 0 Å². The summed E-state index contributed by atoms with van der Waals surface area (Å²) in [5.74, 6) is 0. The number of aryl methyl sites for hydroxylation is 1. The molecule has 0 saturated carbocycles. The lowest BCUT2D eigenvalue weighted by Crippen LogP contribution is -2.28. The number of nitrogens with zero attached hydrogens (tertiary/aromatic N) is 1. The third-order valence-corrected chi connectivity index (χ3v) is 4.87. The Balaban J connectivity index is 2.29. The fourth-order valence-electron chi connectivity index (χ4n) is 1.97. The van der Waals surface area contributed by atoms with Crippen LogP contribution in [0.25, 0.3) is 0 Å². The van der Waals surface area contributed by atoms with Crippen LogP contribution in [0.15, 0.2) is 29.3 Å². The highest BCUT2D eigenvalue weighted by Crippen LogP contribution is 2.21. The van der Waals surface area contributed by atoms with Crippen molar-refractivity contribution in [1.29, 1.82) is 0 Å². The smallest absolute Gasteiger partial charge is 0.260 e. The van der Waals surface area contributed by atoms with E-state index in [2.05, 4.69) is 14.9 Å². The normalized spacial score (nSPS) is 13.3. The van der Waals surface area contributed by atoms with E-state index in [4.69, 9.17) is 11.6 Å². The van der Waals surface area contributed by atoms with Gasteiger partial charge in [0, 0.05) is 22.3 Å². The van der Waals surface area contributed by atoms with Gasteiger partial charge < -0.3 is 5.11 Å². The number of halogens is 1. The number of sulfonamides is 1. The Labute approximate surface area is 128 Å². The number of rotatable bonds is 5. The van der Waals surface area contributed by atoms with Crippen LogP contribution in [0, 0.1) is 6.92 Å². The van der Waals surface area contributed by atoms with Gasteiger partial charge in [0.1, 0.15) is 0 Å². The summed E-state index contributed by atoms with van der Waals surface area (Å²) in [7, 11) is -3.84. The molecular weight excluding hydrogens is 314 g/mol. The highest BCUT2D eigenvalue weighted by Gasteiger charge is 2.25. The van der Waals surface area contributed by atoms with Crippen LogP contribution in [0.1, 0.15) is 29.8 Å². The van der Waals surface area contributed by atoms with Crippen molar-refractivity contribution in [3.05, 3.63) is 46.1 Å². The molecule has 1 atom stereocenters. The second-order valence-corrected chi connectivity index (χ2v) is 6.75. The van der Waals surface area contributed by atoms with Crippen molar-refractivity contribution >= 4 is 21.6 Å². The summed E-state index contributed by atoms with van der Waals surface area (Å²) in [6.45, 7) is 2.96. The molecule has 1 unspecified atom stereocenters. The zero-order valence-electron chi connectivity index (χ0n) is 11.6. The van der Waals surface area contributed by atoms with Crippen LogP contribution >= 0.6 is 11.6 Å². The molecule has 0 fully saturated rings. The Morgan fingerprint density at radius 2 is 2.19 bits per heavy atom. The summed E-state index contributed by atoms with van der Waals surface area (Å²) in [5, 5.41) is 15.9. The number of H-pyrrole nitrogens is 1. The van der Waals surface area contributed by atoms with Crippen LogP contribution in [-0.2, 0) is 16.6 Å². The summed E-state index contributed by atoms with van der Waals surface area (Å²) in [6.07, 6.45) is 0. The van der Waals surface area contributed by atoms with Gasteiger partial charge in [-0.3, -0.25) is 5.10 Å². The number of hydrogen-bond donors (Lipinski definition) is 3. The molecule has 0 spiro atoms. The quantitative estimate of drug-likeness (QED) is 0.780. The summed E-state index contributed by atoms with van der Waals surface area (Å²) in [6, 6.07) is 6.46. The maximum Gasteiger partial charge on any atom is 0.260 e. The van der Waals surface area contributed by atoms with E-state index in [9.17, 15) is 13.5 Å². The van der Waals surface area contributed by atoms with E-state index in [0.717, 1.165) is 5.56 Å². The fourth-order valence-corrected chi connectivity index (χ4v) is 3.59. The summed E-state index contributed by atoms with van der Waals surface area (Å²) >= 11 is 5.90. The largest absolute Gasteiger partial charge is 0.392 e. The number of aromatic amines is 1. The molecule has 6 nitrogen and oxygen atoms in total. The number of aromatic nitrogens is 2. The number of benzene rings is 1. The first kappa shape index (κ1) is 16.0. The van der Waals surface area contributed by atoms with Crippen LogP contribution in [0.4, 0.5) is 0 Å². The summed E-state index contributed by atoms with van der Waals surface area (Å²) in [4.78, 5) is 0. The molecule has 114 valence electrons. The lowest BCUT2D eigenvalue weighted by atomic mass is 10.1. The Hall–Kier alpha value is -1.41. The predicted molar refractivity (Wildman–Crippen MR) is 79.4 cm³/mol. The van der Waals surface area contributed by atoms with E-state index in [1.807, 2.05) is 0 Å². The number of nitrogens with one attached hydrogen (secondary N) is 2. The van der Waals surface area contributed by atoms with Crippen LogP contribution in [0.5, 0.6) is 0 Å². The first-order valence-electron chi connectivity index (χ1n) is 6.27. The SMILES string of the molecule is Cc1[nH]nc(S(=O)(=O)NC(C)c2cccc(Cl)c2)c1CO. The van der Waals surface area contributed by atoms with Gasteiger partial charge in [0.05, 0.1) is 6.61 Å². The minimum absolute atomic E-state index is 0.184. The molecule has 0 bridgehead atoms. The standard InChI is InChI=1S/C13H16ClN3O3S/c1-8(10-4-3-5-11(14)6-10)17-21(19,20)13-12(7-18)9(2)15-16-13/h3-6,8,17-18H,7H2,1-2H3,(H,15,16). The van der Waals surface area contributed by atoms with Crippen molar-refractivity contribution in [3.63, 3.8) is 0 Å². The second-order valence-electron chi connectivity index (χ2n) is 4.69. The first-order chi connectivity index (χ1) is 9.85. The monoisotopic (exact) mass is 329 g/mol. The Bertz CT molecular complexity index is 743. The molecular formula is C13H16ClN3O3S. The second kappa shape index (κ2) is 6.15. The molecule has 2 aromatic rings. The molecule has 3 N–H and O–H groups in total. The zero-order valence-corrected chi connectivity index (χ0v) is 13.2. The summed E-state index contributed by atoms with van der Waals surface area (Å²) < 4.78 is 27.2. The van der Waals surface area contributed by atoms with E-state index < -0.39 is 22.7 Å². The number of hydrogen-bond acceptors (Lipinski definition) is 4. The lowest BCUT2D eigenvalue weighted by Gasteiger charge is -2.14. The maximum atomic E-state index is 12.4. The minimum atomic E-state index is -3.84. The fraction of sp³-hybridized carbons (Fsp3) is 0.308. The van der Waals surface area contributed by atoms with Crippen molar-refractivity contribution in [3.8, 4) is 0 Å². The average Bonchev–Trinajstić information content (AvgIpc) is 2.80. The van der Waals surface area contributed by atoms with Gasteiger partial charge in [0.2, 0.25) is 0 Å². The van der Waals surface area contributed by atoms with Crippen LogP contribution in [-0.4, -0.2) is 23.7 Å². The van der Waals surface area contributed by atoms with Crippen molar-refractivity contribution < 1.29 is 13.5 Å². The maximum absolute atomic E-state index is 12.4.